The molecular formula is C21H26ClN5O. The van der Waals surface area contributed by atoms with E-state index in [1.165, 1.54) is 5.56 Å². The summed E-state index contributed by atoms with van der Waals surface area (Å²) >= 11 is 6.20. The zero-order chi connectivity index (χ0) is 19.2. The van der Waals surface area contributed by atoms with E-state index in [9.17, 15) is 0 Å². The van der Waals surface area contributed by atoms with Crippen LogP contribution in [-0.2, 0) is 17.8 Å². The molecule has 0 unspecified atom stereocenters. The highest BCUT2D eigenvalue weighted by atomic mass is 35.5. The summed E-state index contributed by atoms with van der Waals surface area (Å²) in [5.74, 6) is 0. The minimum Gasteiger partial charge on any atom is -0.384 e. The quantitative estimate of drug-likeness (QED) is 0.668. The van der Waals surface area contributed by atoms with E-state index in [0.717, 1.165) is 68.4 Å². The highest BCUT2D eigenvalue weighted by molar-refractivity contribution is 6.69. The number of hydrogen-bond acceptors (Lipinski definition) is 6. The first-order valence-corrected chi connectivity index (χ1v) is 10.1. The van der Waals surface area contributed by atoms with Crippen LogP contribution in [0.25, 0.3) is 0 Å². The van der Waals surface area contributed by atoms with E-state index < -0.39 is 0 Å². The highest BCUT2D eigenvalue weighted by Gasteiger charge is 2.13. The minimum absolute atomic E-state index is 0.511. The Hall–Kier alpha value is -2.28. The average Bonchev–Trinajstić information content (AvgIpc) is 2.74. The second-order valence-electron chi connectivity index (χ2n) is 7.04. The van der Waals surface area contributed by atoms with E-state index in [1.54, 1.807) is 0 Å². The maximum Gasteiger partial charge on any atom is 0.156 e. The number of hydrogen-bond donors (Lipinski definition) is 3. The molecule has 7 heteroatoms. The van der Waals surface area contributed by atoms with E-state index in [0.29, 0.717) is 11.7 Å². The first kappa shape index (κ1) is 19.1. The van der Waals surface area contributed by atoms with E-state index >= 15 is 0 Å². The van der Waals surface area contributed by atoms with Crippen LogP contribution in [0.1, 0.15) is 16.7 Å². The molecule has 2 aliphatic rings. The number of nitrogens with zero attached hydrogens (tertiary/aromatic N) is 2. The van der Waals surface area contributed by atoms with Crippen LogP contribution >= 0.6 is 11.6 Å². The Balaban J connectivity index is 1.30. The summed E-state index contributed by atoms with van der Waals surface area (Å²) in [5, 5.41) is 11.6. The number of ether oxygens (including phenoxy) is 1. The number of benzene rings is 2. The van der Waals surface area contributed by atoms with Crippen molar-refractivity contribution in [3.63, 3.8) is 0 Å². The van der Waals surface area contributed by atoms with Crippen LogP contribution in [0.15, 0.2) is 47.6 Å². The second kappa shape index (κ2) is 9.28. The maximum atomic E-state index is 6.20. The van der Waals surface area contributed by atoms with Gasteiger partial charge < -0.3 is 20.8 Å². The zero-order valence-electron chi connectivity index (χ0n) is 15.9. The van der Waals surface area contributed by atoms with Crippen LogP contribution < -0.4 is 16.1 Å². The predicted octanol–water partition coefficient (Wildman–Crippen LogP) is 3.05. The molecule has 0 radical (unpaired) electrons. The van der Waals surface area contributed by atoms with Crippen LogP contribution in [0.3, 0.4) is 0 Å². The van der Waals surface area contributed by atoms with Gasteiger partial charge in [-0.1, -0.05) is 29.8 Å². The van der Waals surface area contributed by atoms with Crippen molar-refractivity contribution in [2.45, 2.75) is 13.1 Å². The van der Waals surface area contributed by atoms with Crippen LogP contribution in [0, 0.1) is 0 Å². The number of halogens is 1. The Bertz CT molecular complexity index is 835. The van der Waals surface area contributed by atoms with E-state index in [-0.39, 0.29) is 0 Å². The van der Waals surface area contributed by atoms with Gasteiger partial charge in [-0.05, 0) is 35.4 Å². The van der Waals surface area contributed by atoms with Crippen molar-refractivity contribution >= 4 is 28.1 Å². The van der Waals surface area contributed by atoms with Gasteiger partial charge in [0.15, 0.2) is 5.17 Å². The van der Waals surface area contributed by atoms with E-state index in [4.69, 9.17) is 16.3 Å². The lowest BCUT2D eigenvalue weighted by molar-refractivity contribution is 0.0398. The zero-order valence-corrected chi connectivity index (χ0v) is 16.6. The van der Waals surface area contributed by atoms with Crippen molar-refractivity contribution < 1.29 is 4.74 Å². The van der Waals surface area contributed by atoms with Crippen molar-refractivity contribution in [1.29, 1.82) is 0 Å². The normalized spacial score (nSPS) is 16.7. The fraction of sp³-hybridized carbons (Fsp3) is 0.381. The molecule has 1 fully saturated rings. The van der Waals surface area contributed by atoms with Gasteiger partial charge in [0, 0.05) is 49.7 Å². The topological polar surface area (TPSA) is 60.9 Å². The maximum absolute atomic E-state index is 6.20. The summed E-state index contributed by atoms with van der Waals surface area (Å²) < 4.78 is 5.39. The molecule has 0 aliphatic carbocycles. The third-order valence-electron chi connectivity index (χ3n) is 5.06. The molecule has 0 spiro atoms. The number of morpholine rings is 1. The molecule has 2 aromatic rings. The van der Waals surface area contributed by atoms with Gasteiger partial charge in [-0.25, -0.2) is 0 Å². The monoisotopic (exact) mass is 399 g/mol. The third-order valence-corrected chi connectivity index (χ3v) is 5.35. The van der Waals surface area contributed by atoms with Crippen molar-refractivity contribution in [3.05, 3.63) is 59.2 Å². The molecule has 6 nitrogen and oxygen atoms in total. The molecule has 0 atom stereocenters. The summed E-state index contributed by atoms with van der Waals surface area (Å²) in [6.45, 7) is 7.18. The molecule has 2 heterocycles. The van der Waals surface area contributed by atoms with Crippen LogP contribution in [0.4, 0.5) is 11.4 Å². The number of anilines is 2. The van der Waals surface area contributed by atoms with Crippen molar-refractivity contribution in [1.82, 2.24) is 10.3 Å². The Morgan fingerprint density at radius 2 is 1.93 bits per heavy atom. The lowest BCUT2D eigenvalue weighted by atomic mass is 10.1. The van der Waals surface area contributed by atoms with E-state index in [2.05, 4.69) is 68.5 Å². The molecule has 0 amide bonds. The number of nitrogens with one attached hydrogen (secondary N) is 3. The van der Waals surface area contributed by atoms with Crippen molar-refractivity contribution in [2.24, 2.45) is 5.10 Å². The average molecular weight is 400 g/mol. The summed E-state index contributed by atoms with van der Waals surface area (Å²) in [6.07, 6.45) is 0. The Morgan fingerprint density at radius 1 is 1.07 bits per heavy atom. The van der Waals surface area contributed by atoms with Gasteiger partial charge in [-0.2, -0.15) is 5.10 Å². The largest absolute Gasteiger partial charge is 0.384 e. The molecule has 2 aliphatic heterocycles. The van der Waals surface area contributed by atoms with Crippen molar-refractivity contribution in [3.8, 4) is 0 Å². The molecular weight excluding hydrogens is 374 g/mol. The summed E-state index contributed by atoms with van der Waals surface area (Å²) in [7, 11) is 0. The smallest absolute Gasteiger partial charge is 0.156 e. The van der Waals surface area contributed by atoms with Gasteiger partial charge in [0.1, 0.15) is 0 Å². The van der Waals surface area contributed by atoms with Gasteiger partial charge in [0.05, 0.1) is 19.8 Å². The molecule has 4 rings (SSSR count). The van der Waals surface area contributed by atoms with Gasteiger partial charge in [0.25, 0.3) is 0 Å². The third kappa shape index (κ3) is 4.95. The van der Waals surface area contributed by atoms with Gasteiger partial charge in [-0.15, -0.1) is 0 Å². The van der Waals surface area contributed by atoms with Crippen molar-refractivity contribution in [2.75, 3.05) is 50.0 Å². The predicted molar refractivity (Wildman–Crippen MR) is 115 cm³/mol. The Morgan fingerprint density at radius 3 is 2.82 bits per heavy atom. The van der Waals surface area contributed by atoms with Gasteiger partial charge in [0.2, 0.25) is 0 Å². The first-order chi connectivity index (χ1) is 13.8. The lowest BCUT2D eigenvalue weighted by Gasteiger charge is -2.26. The first-order valence-electron chi connectivity index (χ1n) is 9.74. The number of rotatable bonds is 7. The van der Waals surface area contributed by atoms with Crippen LogP contribution in [-0.4, -0.2) is 49.5 Å². The Kier molecular flexibility index (Phi) is 6.31. The fourth-order valence-electron chi connectivity index (χ4n) is 3.47. The molecule has 1 saturated heterocycles. The molecule has 28 heavy (non-hydrogen) atoms. The van der Waals surface area contributed by atoms with Gasteiger partial charge >= 0.3 is 0 Å². The lowest BCUT2D eigenvalue weighted by Crippen LogP contribution is -2.39. The summed E-state index contributed by atoms with van der Waals surface area (Å²) in [4.78, 5) is 2.43. The molecule has 0 bridgehead atoms. The van der Waals surface area contributed by atoms with Crippen LogP contribution in [0.2, 0.25) is 0 Å². The summed E-state index contributed by atoms with van der Waals surface area (Å²) in [6, 6.07) is 14.8. The molecule has 2 aromatic carbocycles. The molecule has 148 valence electrons. The van der Waals surface area contributed by atoms with Crippen LogP contribution in [0.5, 0.6) is 0 Å². The summed E-state index contributed by atoms with van der Waals surface area (Å²) in [5.41, 5.74) is 8.51. The minimum atomic E-state index is 0.511. The van der Waals surface area contributed by atoms with E-state index in [1.807, 2.05) is 0 Å². The highest BCUT2D eigenvalue weighted by Crippen LogP contribution is 2.21. The molecule has 3 N–H and O–H groups in total. The number of fused-ring (bicyclic) bond motifs is 1. The standard InChI is InChI=1S/C21H26ClN5O/c22-21-20-13-19(5-4-17(20)15-25-26-21)24-14-16-2-1-3-18(12-16)23-6-7-27-8-10-28-11-9-27/h1-5,12-13,23-25H,6-11,14-15H2. The fourth-order valence-corrected chi connectivity index (χ4v) is 3.70. The molecule has 0 saturated carbocycles. The number of hydrazone groups is 1. The molecule has 0 aromatic heterocycles. The van der Waals surface area contributed by atoms with Gasteiger partial charge in [-0.3, -0.25) is 4.90 Å². The second-order valence-corrected chi connectivity index (χ2v) is 7.40. The SMILES string of the molecule is ClC1=NNCc2ccc(NCc3cccc(NCCN4CCOCC4)c3)cc21. The Labute approximate surface area is 170 Å².